The van der Waals surface area contributed by atoms with Gasteiger partial charge in [-0.1, -0.05) is 272 Å². The van der Waals surface area contributed by atoms with Gasteiger partial charge >= 0.3 is 17.9 Å². The van der Waals surface area contributed by atoms with E-state index in [1.54, 1.807) is 0 Å². The number of carbonyl (C=O) groups is 3. The average Bonchev–Trinajstić information content (AvgIpc) is 3.49. The molecule has 1 unspecified atom stereocenters. The van der Waals surface area contributed by atoms with Gasteiger partial charge in [0.1, 0.15) is 13.2 Å². The molecule has 1 atom stereocenters. The van der Waals surface area contributed by atoms with Crippen molar-refractivity contribution in [2.45, 2.75) is 245 Å². The van der Waals surface area contributed by atoms with Gasteiger partial charge in [-0.3, -0.25) is 14.4 Å². The van der Waals surface area contributed by atoms with Crippen molar-refractivity contribution < 1.29 is 28.6 Å². The Labute approximate surface area is 509 Å². The van der Waals surface area contributed by atoms with Crippen molar-refractivity contribution in [1.29, 1.82) is 0 Å². The van der Waals surface area contributed by atoms with Gasteiger partial charge in [0.25, 0.3) is 0 Å². The number of ether oxygens (including phenoxy) is 3. The normalized spacial score (nSPS) is 13.5. The number of hydrogen-bond donors (Lipinski definition) is 0. The molecule has 0 heterocycles. The van der Waals surface area contributed by atoms with Crippen molar-refractivity contribution in [2.24, 2.45) is 0 Å². The molecule has 0 fully saturated rings. The Morgan fingerprint density at radius 3 is 0.747 bits per heavy atom. The number of hydrogen-bond acceptors (Lipinski definition) is 6. The van der Waals surface area contributed by atoms with E-state index in [1.165, 1.54) is 19.3 Å². The summed E-state index contributed by atoms with van der Waals surface area (Å²) in [6, 6.07) is 0. The highest BCUT2D eigenvalue weighted by molar-refractivity contribution is 5.71. The molecule has 0 aliphatic heterocycles. The lowest BCUT2D eigenvalue weighted by molar-refractivity contribution is -0.166. The molecule has 460 valence electrons. The summed E-state index contributed by atoms with van der Waals surface area (Å²) in [5.74, 6) is -1.06. The Balaban J connectivity index is 4.49. The van der Waals surface area contributed by atoms with Crippen LogP contribution in [0.5, 0.6) is 0 Å². The Morgan fingerprint density at radius 1 is 0.241 bits per heavy atom. The van der Waals surface area contributed by atoms with Crippen LogP contribution in [-0.4, -0.2) is 37.2 Å². The Kier molecular flexibility index (Phi) is 63.5. The molecule has 0 saturated carbocycles. The SMILES string of the molecule is CC/C=C\C/C=C\C/C=C\C/C=C\C/C=C\C/C=C\C/C=C\C/C=C\CCCCCCC(=O)OCC(COC(=O)CC/C=C\C/C=C\C/C=C\C/C=C\CC)OC(=O)CCCCCCCCC/C=C\C/C=C\C/C=C\C/C=C\C/C=C\CC. The third kappa shape index (κ3) is 66.7. The molecule has 0 aliphatic carbocycles. The van der Waals surface area contributed by atoms with Crippen LogP contribution in [0, 0.1) is 0 Å². The van der Waals surface area contributed by atoms with Crippen LogP contribution in [0.1, 0.15) is 239 Å². The predicted octanol–water partition coefficient (Wildman–Crippen LogP) is 22.8. The van der Waals surface area contributed by atoms with E-state index in [9.17, 15) is 14.4 Å². The van der Waals surface area contributed by atoms with Crippen molar-refractivity contribution >= 4 is 17.9 Å². The van der Waals surface area contributed by atoms with E-state index in [0.29, 0.717) is 12.8 Å². The Bertz CT molecular complexity index is 2030. The van der Waals surface area contributed by atoms with Crippen LogP contribution < -0.4 is 0 Å². The maximum Gasteiger partial charge on any atom is 0.306 e. The van der Waals surface area contributed by atoms with Crippen LogP contribution in [0.2, 0.25) is 0 Å². The number of esters is 3. The second kappa shape index (κ2) is 68.5. The van der Waals surface area contributed by atoms with E-state index in [-0.39, 0.29) is 44.0 Å². The fourth-order valence-electron chi connectivity index (χ4n) is 8.03. The maximum absolute atomic E-state index is 12.9. The van der Waals surface area contributed by atoms with Crippen LogP contribution in [0.4, 0.5) is 0 Å². The molecule has 0 aliphatic rings. The van der Waals surface area contributed by atoms with Gasteiger partial charge in [0, 0.05) is 19.3 Å². The van der Waals surface area contributed by atoms with E-state index >= 15 is 0 Å². The van der Waals surface area contributed by atoms with Gasteiger partial charge in [-0.2, -0.15) is 0 Å². The Hall–Kier alpha value is -6.01. The topological polar surface area (TPSA) is 78.9 Å². The molecule has 0 aromatic heterocycles. The third-order valence-electron chi connectivity index (χ3n) is 12.8. The molecule has 6 nitrogen and oxygen atoms in total. The molecule has 0 spiro atoms. The molecule has 0 bridgehead atoms. The first-order valence-corrected chi connectivity index (χ1v) is 32.6. The summed E-state index contributed by atoms with van der Waals surface area (Å²) >= 11 is 0. The molecule has 0 radical (unpaired) electrons. The minimum Gasteiger partial charge on any atom is -0.462 e. The fourth-order valence-corrected chi connectivity index (χ4v) is 8.03. The second-order valence-corrected chi connectivity index (χ2v) is 20.5. The van der Waals surface area contributed by atoms with Crippen LogP contribution in [0.25, 0.3) is 0 Å². The highest BCUT2D eigenvalue weighted by Crippen LogP contribution is 2.13. The number of carbonyl (C=O) groups excluding carboxylic acids is 3. The van der Waals surface area contributed by atoms with E-state index in [1.807, 2.05) is 12.2 Å². The van der Waals surface area contributed by atoms with Gasteiger partial charge < -0.3 is 14.2 Å². The van der Waals surface area contributed by atoms with Gasteiger partial charge in [-0.25, -0.2) is 0 Å². The molecule has 0 rings (SSSR count). The molecular formula is C77H116O6. The molecule has 83 heavy (non-hydrogen) atoms. The molecule has 6 heteroatoms. The third-order valence-corrected chi connectivity index (χ3v) is 12.8. The summed E-state index contributed by atoms with van der Waals surface area (Å²) in [5, 5.41) is 0. The van der Waals surface area contributed by atoms with Crippen molar-refractivity contribution in [3.8, 4) is 0 Å². The first-order chi connectivity index (χ1) is 41.0. The summed E-state index contributed by atoms with van der Waals surface area (Å²) < 4.78 is 16.8. The molecule has 0 saturated heterocycles. The lowest BCUT2D eigenvalue weighted by atomic mass is 10.1. The molecule has 0 N–H and O–H groups in total. The zero-order valence-corrected chi connectivity index (χ0v) is 52.6. The zero-order chi connectivity index (χ0) is 59.9. The van der Waals surface area contributed by atoms with E-state index in [2.05, 4.69) is 215 Å². The van der Waals surface area contributed by atoms with E-state index in [4.69, 9.17) is 14.2 Å². The first kappa shape index (κ1) is 77.0. The minimum absolute atomic E-state index is 0.130. The summed E-state index contributed by atoms with van der Waals surface area (Å²) in [5.41, 5.74) is 0. The summed E-state index contributed by atoms with van der Waals surface area (Å²) in [4.78, 5) is 38.3. The summed E-state index contributed by atoms with van der Waals surface area (Å²) in [6.07, 6.45) is 106. The van der Waals surface area contributed by atoms with Crippen LogP contribution in [-0.2, 0) is 28.6 Å². The van der Waals surface area contributed by atoms with Gasteiger partial charge in [0.2, 0.25) is 0 Å². The van der Waals surface area contributed by atoms with Gasteiger partial charge in [0.05, 0.1) is 0 Å². The molecule has 0 aromatic carbocycles. The van der Waals surface area contributed by atoms with Crippen LogP contribution in [0.3, 0.4) is 0 Å². The van der Waals surface area contributed by atoms with E-state index < -0.39 is 6.10 Å². The molecule has 0 amide bonds. The maximum atomic E-state index is 12.9. The Morgan fingerprint density at radius 2 is 0.458 bits per heavy atom. The monoisotopic (exact) mass is 1140 g/mol. The highest BCUT2D eigenvalue weighted by Gasteiger charge is 2.19. The zero-order valence-electron chi connectivity index (χ0n) is 52.6. The van der Waals surface area contributed by atoms with Crippen molar-refractivity contribution in [3.63, 3.8) is 0 Å². The number of unbranched alkanes of at least 4 members (excludes halogenated alkanes) is 11. The second-order valence-electron chi connectivity index (χ2n) is 20.5. The molecule has 0 aromatic rings. The van der Waals surface area contributed by atoms with Crippen molar-refractivity contribution in [2.75, 3.05) is 13.2 Å². The quantitative estimate of drug-likeness (QED) is 0.0261. The number of allylic oxidation sites excluding steroid dienone is 34. The van der Waals surface area contributed by atoms with E-state index in [0.717, 1.165) is 173 Å². The minimum atomic E-state index is -0.839. The fraction of sp³-hybridized carbons (Fsp3) is 0.519. The first-order valence-electron chi connectivity index (χ1n) is 32.6. The number of rotatable bonds is 56. The van der Waals surface area contributed by atoms with Crippen LogP contribution >= 0.6 is 0 Å². The van der Waals surface area contributed by atoms with Gasteiger partial charge in [-0.15, -0.1) is 0 Å². The standard InChI is InChI=1S/C77H116O6/c1-4-7-10-13-16-19-22-25-27-29-31-33-35-36-37-38-39-40-42-43-45-47-49-52-55-58-61-64-67-70-76(79)82-73-74(72-81-75(78)69-66-63-60-57-54-51-24-21-18-15-12-9-6-3)83-77(80)71-68-65-62-59-56-53-50-48-46-44-41-34-32-30-28-26-23-20-17-14-11-8-5-2/h7-12,16-21,25-28,31-34,36-37,39-40,43-46,49,51-52,54,60,63,74H,4-6,13-15,22-24,29-30,35,38,41-42,47-48,50,53,55-59,61-62,64-73H2,1-3H3/b10-7-,11-8-,12-9-,19-16-,20-17-,21-18-,27-25-,28-26-,33-31-,34-32-,37-36-,40-39-,45-43-,46-44-,52-49-,54-51-,63-60-. The summed E-state index contributed by atoms with van der Waals surface area (Å²) in [6.45, 7) is 6.18. The largest absolute Gasteiger partial charge is 0.462 e. The predicted molar refractivity (Wildman–Crippen MR) is 361 cm³/mol. The van der Waals surface area contributed by atoms with Crippen molar-refractivity contribution in [1.82, 2.24) is 0 Å². The van der Waals surface area contributed by atoms with Crippen LogP contribution in [0.15, 0.2) is 207 Å². The smallest absolute Gasteiger partial charge is 0.306 e. The highest BCUT2D eigenvalue weighted by atomic mass is 16.6. The van der Waals surface area contributed by atoms with Gasteiger partial charge in [-0.05, 0) is 154 Å². The summed E-state index contributed by atoms with van der Waals surface area (Å²) in [7, 11) is 0. The van der Waals surface area contributed by atoms with Crippen molar-refractivity contribution in [3.05, 3.63) is 207 Å². The molecular weight excluding hydrogens is 1020 g/mol. The lowest BCUT2D eigenvalue weighted by Gasteiger charge is -2.18. The van der Waals surface area contributed by atoms with Gasteiger partial charge in [0.15, 0.2) is 6.10 Å². The lowest BCUT2D eigenvalue weighted by Crippen LogP contribution is -2.30. The average molecular weight is 1140 g/mol.